The van der Waals surface area contributed by atoms with E-state index in [1.807, 2.05) is 6.92 Å². The van der Waals surface area contributed by atoms with Crippen LogP contribution in [-0.4, -0.2) is 9.91 Å². The normalized spacial score (nSPS) is 11.1. The third-order valence-corrected chi connectivity index (χ3v) is 4.65. The van der Waals surface area contributed by atoms with Crippen molar-refractivity contribution in [2.24, 2.45) is 0 Å². The van der Waals surface area contributed by atoms with Crippen LogP contribution in [0.5, 0.6) is 0 Å². The molecule has 1 heterocycles. The summed E-state index contributed by atoms with van der Waals surface area (Å²) in [5.41, 5.74) is 2.78. The van der Waals surface area contributed by atoms with Gasteiger partial charge in [-0.05, 0) is 24.6 Å². The maximum absolute atomic E-state index is 13.4. The molecule has 134 valence electrons. The second kappa shape index (κ2) is 7.76. The second-order valence-corrected chi connectivity index (χ2v) is 6.48. The van der Waals surface area contributed by atoms with Crippen molar-refractivity contribution in [3.05, 3.63) is 80.5 Å². The lowest BCUT2D eigenvalue weighted by Crippen LogP contribution is -1.94. The zero-order valence-corrected chi connectivity index (χ0v) is 15.0. The Morgan fingerprint density at radius 3 is 2.93 bits per heavy atom. The maximum Gasteiger partial charge on any atom is 0.270 e. The molecule has 27 heavy (non-hydrogen) atoms. The molecule has 0 fully saturated rings. The number of anilines is 1. The van der Waals surface area contributed by atoms with Gasteiger partial charge < -0.3 is 5.32 Å². The molecule has 8 heteroatoms. The summed E-state index contributed by atoms with van der Waals surface area (Å²) >= 11 is 1.25. The average Bonchev–Trinajstić information content (AvgIpc) is 3.15. The number of halogens is 1. The molecule has 0 aliphatic rings. The Hall–Kier alpha value is -3.57. The molecule has 0 unspecified atom stereocenters. The largest absolute Gasteiger partial charge is 0.360 e. The van der Waals surface area contributed by atoms with Crippen LogP contribution in [0.15, 0.2) is 54.0 Å². The topological polar surface area (TPSA) is 91.8 Å². The molecule has 0 bridgehead atoms. The van der Waals surface area contributed by atoms with E-state index in [9.17, 15) is 19.8 Å². The molecule has 3 aromatic rings. The molecular weight excluding hydrogens is 367 g/mol. The van der Waals surface area contributed by atoms with E-state index < -0.39 is 4.92 Å². The number of allylic oxidation sites excluding steroid dienone is 1. The van der Waals surface area contributed by atoms with Crippen molar-refractivity contribution in [2.45, 2.75) is 6.92 Å². The smallest absolute Gasteiger partial charge is 0.270 e. The highest BCUT2D eigenvalue weighted by molar-refractivity contribution is 7.11. The third kappa shape index (κ3) is 4.16. The van der Waals surface area contributed by atoms with Crippen molar-refractivity contribution in [3.8, 4) is 17.3 Å². The van der Waals surface area contributed by atoms with Gasteiger partial charge in [0.1, 0.15) is 22.5 Å². The highest BCUT2D eigenvalue weighted by Gasteiger charge is 2.12. The van der Waals surface area contributed by atoms with Gasteiger partial charge in [-0.1, -0.05) is 18.2 Å². The van der Waals surface area contributed by atoms with Crippen LogP contribution in [0.25, 0.3) is 16.8 Å². The molecule has 0 aliphatic heterocycles. The number of nitrogens with one attached hydrogen (secondary N) is 1. The van der Waals surface area contributed by atoms with Crippen LogP contribution in [0.4, 0.5) is 15.8 Å². The maximum atomic E-state index is 13.4. The first-order valence-electron chi connectivity index (χ1n) is 7.81. The first-order valence-corrected chi connectivity index (χ1v) is 8.69. The van der Waals surface area contributed by atoms with Crippen LogP contribution in [0, 0.1) is 34.2 Å². The Bertz CT molecular complexity index is 1090. The van der Waals surface area contributed by atoms with Gasteiger partial charge in [0, 0.05) is 35.0 Å². The third-order valence-electron chi connectivity index (χ3n) is 3.78. The molecular formula is C19H13FN4O2S. The Balaban J connectivity index is 1.87. The van der Waals surface area contributed by atoms with Crippen molar-refractivity contribution < 1.29 is 9.31 Å². The molecule has 0 atom stereocenters. The van der Waals surface area contributed by atoms with E-state index in [0.717, 1.165) is 5.56 Å². The summed E-state index contributed by atoms with van der Waals surface area (Å²) in [6.45, 7) is 1.82. The number of benzene rings is 2. The van der Waals surface area contributed by atoms with Crippen LogP contribution in [0.3, 0.4) is 0 Å². The molecule has 2 aromatic carbocycles. The lowest BCUT2D eigenvalue weighted by Gasteiger charge is -2.05. The van der Waals surface area contributed by atoms with Gasteiger partial charge in [0.25, 0.3) is 5.69 Å². The molecule has 3 rings (SSSR count). The minimum absolute atomic E-state index is 0.0265. The van der Waals surface area contributed by atoms with Crippen molar-refractivity contribution in [2.75, 3.05) is 5.32 Å². The van der Waals surface area contributed by atoms with Gasteiger partial charge in [0.2, 0.25) is 0 Å². The van der Waals surface area contributed by atoms with Gasteiger partial charge in [0.05, 0.1) is 10.6 Å². The van der Waals surface area contributed by atoms with E-state index in [1.165, 1.54) is 41.8 Å². The van der Waals surface area contributed by atoms with Gasteiger partial charge in [0.15, 0.2) is 0 Å². The number of aryl methyl sites for hydroxylation is 1. The van der Waals surface area contributed by atoms with E-state index in [1.54, 1.807) is 23.6 Å². The minimum Gasteiger partial charge on any atom is -0.360 e. The quantitative estimate of drug-likeness (QED) is 0.376. The molecule has 1 N–H and O–H groups in total. The Morgan fingerprint density at radius 1 is 1.37 bits per heavy atom. The summed E-state index contributed by atoms with van der Waals surface area (Å²) in [5, 5.41) is 25.5. The lowest BCUT2D eigenvalue weighted by molar-refractivity contribution is -0.384. The van der Waals surface area contributed by atoms with Gasteiger partial charge in [-0.25, -0.2) is 9.37 Å². The van der Waals surface area contributed by atoms with E-state index in [4.69, 9.17) is 0 Å². The summed E-state index contributed by atoms with van der Waals surface area (Å²) in [7, 11) is 0. The highest BCUT2D eigenvalue weighted by Crippen LogP contribution is 2.28. The lowest BCUT2D eigenvalue weighted by atomic mass is 10.1. The molecule has 0 spiro atoms. The zero-order valence-electron chi connectivity index (χ0n) is 14.1. The molecule has 0 radical (unpaired) electrons. The number of non-ortho nitro benzene ring substituents is 1. The minimum atomic E-state index is -0.470. The van der Waals surface area contributed by atoms with E-state index in [-0.39, 0.29) is 17.1 Å². The molecule has 0 aliphatic carbocycles. The first-order chi connectivity index (χ1) is 13.0. The summed E-state index contributed by atoms with van der Waals surface area (Å²) in [4.78, 5) is 14.8. The summed E-state index contributed by atoms with van der Waals surface area (Å²) in [6.07, 6.45) is 1.47. The number of aromatic nitrogens is 1. The zero-order chi connectivity index (χ0) is 19.4. The van der Waals surface area contributed by atoms with Crippen molar-refractivity contribution in [1.82, 2.24) is 4.98 Å². The predicted molar refractivity (Wildman–Crippen MR) is 103 cm³/mol. The summed E-state index contributed by atoms with van der Waals surface area (Å²) in [5.74, 6) is -0.378. The standard InChI is InChI=1S/C19H13FN4O2S/c1-12-5-6-15(20)8-17(12)22-10-14(9-21)19-23-18(11-27-19)13-3-2-4-16(7-13)24(25)26/h2-8,10-11,22H,1H3/b14-10+. The average molecular weight is 380 g/mol. The fraction of sp³-hybridized carbons (Fsp3) is 0.0526. The predicted octanol–water partition coefficient (Wildman–Crippen LogP) is 5.14. The number of rotatable bonds is 5. The van der Waals surface area contributed by atoms with Crippen LogP contribution in [0.2, 0.25) is 0 Å². The highest BCUT2D eigenvalue weighted by atomic mass is 32.1. The van der Waals surface area contributed by atoms with Crippen molar-refractivity contribution in [1.29, 1.82) is 5.26 Å². The molecule has 0 amide bonds. The van der Waals surface area contributed by atoms with Gasteiger partial charge in [-0.2, -0.15) is 5.26 Å². The van der Waals surface area contributed by atoms with Crippen LogP contribution >= 0.6 is 11.3 Å². The van der Waals surface area contributed by atoms with Crippen molar-refractivity contribution >= 4 is 28.3 Å². The SMILES string of the molecule is Cc1ccc(F)cc1N/C=C(\C#N)c1nc(-c2cccc([N+](=O)[O-])c2)cs1. The number of nitro groups is 1. The number of nitro benzene ring substituents is 1. The fourth-order valence-electron chi connectivity index (χ4n) is 2.35. The molecule has 0 saturated carbocycles. The monoisotopic (exact) mass is 380 g/mol. The Kier molecular flexibility index (Phi) is 5.24. The molecule has 6 nitrogen and oxygen atoms in total. The summed E-state index contributed by atoms with van der Waals surface area (Å²) in [6, 6.07) is 12.6. The number of thiazole rings is 1. The summed E-state index contributed by atoms with van der Waals surface area (Å²) < 4.78 is 13.4. The Morgan fingerprint density at radius 2 is 2.19 bits per heavy atom. The van der Waals surface area contributed by atoms with Gasteiger partial charge >= 0.3 is 0 Å². The van der Waals surface area contributed by atoms with Crippen LogP contribution in [0.1, 0.15) is 10.6 Å². The van der Waals surface area contributed by atoms with E-state index >= 15 is 0 Å². The first kappa shape index (κ1) is 18.2. The number of hydrogen-bond acceptors (Lipinski definition) is 6. The van der Waals surface area contributed by atoms with Crippen LogP contribution in [-0.2, 0) is 0 Å². The Labute approximate surface area is 158 Å². The second-order valence-electron chi connectivity index (χ2n) is 5.62. The van der Waals surface area contributed by atoms with Gasteiger partial charge in [-0.3, -0.25) is 10.1 Å². The molecule has 0 saturated heterocycles. The van der Waals surface area contributed by atoms with Crippen LogP contribution < -0.4 is 5.32 Å². The van der Waals surface area contributed by atoms with E-state index in [0.29, 0.717) is 22.0 Å². The number of hydrogen-bond donors (Lipinski definition) is 1. The molecule has 1 aromatic heterocycles. The van der Waals surface area contributed by atoms with Crippen molar-refractivity contribution in [3.63, 3.8) is 0 Å². The van der Waals surface area contributed by atoms with Gasteiger partial charge in [-0.15, -0.1) is 11.3 Å². The number of nitriles is 1. The van der Waals surface area contributed by atoms with E-state index in [2.05, 4.69) is 16.4 Å². The number of nitrogens with zero attached hydrogens (tertiary/aromatic N) is 3. The fourth-order valence-corrected chi connectivity index (χ4v) is 3.14.